The maximum atomic E-state index is 6.54. The molecule has 0 spiro atoms. The molecular weight excluding hydrogens is 667 g/mol. The molecule has 7 aromatic rings. The topological polar surface area (TPSA) is 51.8 Å². The van der Waals surface area contributed by atoms with Crippen LogP contribution in [-0.4, -0.2) is 15.0 Å². The van der Waals surface area contributed by atoms with Gasteiger partial charge in [-0.05, 0) is 64.6 Å². The van der Waals surface area contributed by atoms with Gasteiger partial charge in [0.1, 0.15) is 11.2 Å². The van der Waals surface area contributed by atoms with Crippen molar-refractivity contribution < 1.29 is 4.42 Å². The second-order valence-corrected chi connectivity index (χ2v) is 14.3. The van der Waals surface area contributed by atoms with Crippen LogP contribution in [0.4, 0.5) is 0 Å². The minimum Gasteiger partial charge on any atom is -0.455 e. The first-order valence-electron chi connectivity index (χ1n) is 17.8. The molecule has 0 radical (unpaired) electrons. The highest BCUT2D eigenvalue weighted by Crippen LogP contribution is 2.39. The molecule has 0 aliphatic heterocycles. The maximum absolute atomic E-state index is 6.54. The van der Waals surface area contributed by atoms with Crippen LogP contribution in [0.1, 0.15) is 28.2 Å². The van der Waals surface area contributed by atoms with Gasteiger partial charge in [-0.2, -0.15) is 0 Å². The lowest BCUT2D eigenvalue weighted by molar-refractivity contribution is 0.669. The van der Waals surface area contributed by atoms with Crippen LogP contribution in [0.15, 0.2) is 162 Å². The summed E-state index contributed by atoms with van der Waals surface area (Å²) in [6, 6.07) is 31.4. The van der Waals surface area contributed by atoms with Crippen LogP contribution in [0.25, 0.3) is 79.1 Å². The van der Waals surface area contributed by atoms with Gasteiger partial charge in [0.25, 0.3) is 0 Å². The molecule has 0 atom stereocenters. The number of benzene rings is 4. The van der Waals surface area contributed by atoms with Crippen molar-refractivity contribution >= 4 is 56.6 Å². The predicted octanol–water partition coefficient (Wildman–Crippen LogP) is 10.6. The molecule has 0 N–H and O–H groups in total. The third-order valence-electron chi connectivity index (χ3n) is 9.94. The Morgan fingerprint density at radius 3 is 2.19 bits per heavy atom. The SMILES string of the molecule is C1=CC=c2sc3c(c2=C(c2nc(-c4ccccc4-c4ccccc4C4=CC=CC=CC4)nc(-c4cccc5c4oc4ccccc45)n2)C=1)C=CC=CC3. The first-order valence-corrected chi connectivity index (χ1v) is 18.6. The zero-order valence-electron chi connectivity index (χ0n) is 28.7. The van der Waals surface area contributed by atoms with Crippen LogP contribution in [0.3, 0.4) is 0 Å². The number of thiophene rings is 1. The van der Waals surface area contributed by atoms with Crippen LogP contribution < -0.4 is 9.75 Å². The smallest absolute Gasteiger partial charge is 0.167 e. The number of furan rings is 1. The number of hydrogen-bond donors (Lipinski definition) is 0. The fourth-order valence-corrected chi connectivity index (χ4v) is 8.68. The van der Waals surface area contributed by atoms with Gasteiger partial charge < -0.3 is 4.42 Å². The van der Waals surface area contributed by atoms with Gasteiger partial charge >= 0.3 is 0 Å². The fourth-order valence-electron chi connectivity index (χ4n) is 7.49. The highest BCUT2D eigenvalue weighted by atomic mass is 32.1. The quantitative estimate of drug-likeness (QED) is 0.168. The number of nitrogens with zero attached hydrogens (tertiary/aromatic N) is 3. The summed E-state index contributed by atoms with van der Waals surface area (Å²) < 4.78 is 7.71. The summed E-state index contributed by atoms with van der Waals surface area (Å²) in [4.78, 5) is 17.3. The van der Waals surface area contributed by atoms with E-state index in [1.165, 1.54) is 26.1 Å². The summed E-state index contributed by atoms with van der Waals surface area (Å²) in [5.74, 6) is 1.74. The Labute approximate surface area is 310 Å². The molecule has 0 amide bonds. The number of allylic oxidation sites excluding steroid dienone is 10. The van der Waals surface area contributed by atoms with Crippen molar-refractivity contribution in [2.24, 2.45) is 0 Å². The summed E-state index contributed by atoms with van der Waals surface area (Å²) in [5.41, 5.74) is 13.5. The van der Waals surface area contributed by atoms with Gasteiger partial charge in [0.05, 0.1) is 5.56 Å². The second kappa shape index (κ2) is 13.2. The molecule has 3 aromatic heterocycles. The largest absolute Gasteiger partial charge is 0.455 e. The summed E-state index contributed by atoms with van der Waals surface area (Å²) >= 11 is 1.81. The van der Waals surface area contributed by atoms with Gasteiger partial charge in [-0.15, -0.1) is 17.1 Å². The molecule has 0 fully saturated rings. The van der Waals surface area contributed by atoms with Crippen LogP contribution >= 0.6 is 11.3 Å². The zero-order chi connectivity index (χ0) is 35.1. The average molecular weight is 698 g/mol. The Bertz CT molecular complexity index is 2990. The summed E-state index contributed by atoms with van der Waals surface area (Å²) in [6.07, 6.45) is 27.2. The summed E-state index contributed by atoms with van der Waals surface area (Å²) in [7, 11) is 0. The highest BCUT2D eigenvalue weighted by Gasteiger charge is 2.22. The lowest BCUT2D eigenvalue weighted by Gasteiger charge is -2.16. The number of rotatable bonds is 5. The second-order valence-electron chi connectivity index (χ2n) is 13.1. The molecule has 0 saturated carbocycles. The van der Waals surface area contributed by atoms with E-state index in [1.807, 2.05) is 47.8 Å². The van der Waals surface area contributed by atoms with E-state index >= 15 is 0 Å². The van der Waals surface area contributed by atoms with Gasteiger partial charge in [-0.3, -0.25) is 0 Å². The molecule has 4 nitrogen and oxygen atoms in total. The normalized spacial score (nSPS) is 14.5. The predicted molar refractivity (Wildman–Crippen MR) is 219 cm³/mol. The van der Waals surface area contributed by atoms with E-state index in [9.17, 15) is 0 Å². The van der Waals surface area contributed by atoms with E-state index in [2.05, 4.69) is 133 Å². The first-order chi connectivity index (χ1) is 26.3. The van der Waals surface area contributed by atoms with Gasteiger partial charge in [0.15, 0.2) is 17.5 Å². The zero-order valence-corrected chi connectivity index (χ0v) is 29.5. The number of fused-ring (bicyclic) bond motifs is 6. The van der Waals surface area contributed by atoms with Crippen molar-refractivity contribution in [3.63, 3.8) is 0 Å². The Balaban J connectivity index is 1.26. The number of aromatic nitrogens is 3. The molecule has 3 aliphatic carbocycles. The lowest BCUT2D eigenvalue weighted by atomic mass is 9.90. The van der Waals surface area contributed by atoms with E-state index in [0.29, 0.717) is 17.5 Å². The number of para-hydroxylation sites is 2. The van der Waals surface area contributed by atoms with Crippen LogP contribution in [0.2, 0.25) is 0 Å². The summed E-state index contributed by atoms with van der Waals surface area (Å²) in [6.45, 7) is 0. The molecule has 53 heavy (non-hydrogen) atoms. The van der Waals surface area contributed by atoms with Gasteiger partial charge in [-0.25, -0.2) is 15.0 Å². The van der Waals surface area contributed by atoms with Crippen LogP contribution in [0.5, 0.6) is 0 Å². The van der Waals surface area contributed by atoms with Gasteiger partial charge in [0, 0.05) is 43.0 Å². The van der Waals surface area contributed by atoms with E-state index in [-0.39, 0.29) is 0 Å². The molecular formula is C48H31N3OS. The minimum atomic E-state index is 0.553. The third kappa shape index (κ3) is 5.51. The minimum absolute atomic E-state index is 0.553. The van der Waals surface area contributed by atoms with E-state index in [4.69, 9.17) is 19.4 Å². The van der Waals surface area contributed by atoms with Gasteiger partial charge in [-0.1, -0.05) is 134 Å². The van der Waals surface area contributed by atoms with Gasteiger partial charge in [0.2, 0.25) is 0 Å². The average Bonchev–Trinajstić information content (AvgIpc) is 3.40. The monoisotopic (exact) mass is 697 g/mol. The van der Waals surface area contributed by atoms with Crippen molar-refractivity contribution in [3.05, 3.63) is 189 Å². The molecule has 4 aromatic carbocycles. The molecule has 3 aliphatic rings. The Morgan fingerprint density at radius 1 is 0.585 bits per heavy atom. The first kappa shape index (κ1) is 31.1. The molecule has 0 bridgehead atoms. The van der Waals surface area contributed by atoms with E-state index in [0.717, 1.165) is 67.8 Å². The lowest BCUT2D eigenvalue weighted by Crippen LogP contribution is -2.24. The molecule has 250 valence electrons. The van der Waals surface area contributed by atoms with Crippen LogP contribution in [0, 0.1) is 0 Å². The van der Waals surface area contributed by atoms with Crippen LogP contribution in [-0.2, 0) is 6.42 Å². The van der Waals surface area contributed by atoms with Crippen molar-refractivity contribution in [2.75, 3.05) is 0 Å². The highest BCUT2D eigenvalue weighted by molar-refractivity contribution is 7.10. The maximum Gasteiger partial charge on any atom is 0.167 e. The molecule has 3 heterocycles. The standard InChI is InChI=1S/C48H31N3OS/c1-2-5-18-31(17-4-1)32-19-8-9-20-33(32)34-21-10-11-23-37(34)46-49-47(39-25-13-15-30-43-44(39)38-24-6-3-7-29-42(38)53-43)51-48(50-46)40-27-16-26-36-35-22-12-14-28-41(35)52-45(36)40/h1-12,14-17,19-28,30H,18,29H2. The molecule has 0 saturated heterocycles. The molecule has 0 unspecified atom stereocenters. The number of hydrogen-bond acceptors (Lipinski definition) is 5. The van der Waals surface area contributed by atoms with Crippen molar-refractivity contribution in [1.29, 1.82) is 0 Å². The Hall–Kier alpha value is -6.65. The molecule has 10 rings (SSSR count). The van der Waals surface area contributed by atoms with E-state index < -0.39 is 0 Å². The Morgan fingerprint density at radius 2 is 1.28 bits per heavy atom. The summed E-state index contributed by atoms with van der Waals surface area (Å²) in [5, 5.41) is 3.21. The van der Waals surface area contributed by atoms with E-state index in [1.54, 1.807) is 0 Å². The molecule has 5 heteroatoms. The fraction of sp³-hybridized carbons (Fsp3) is 0.0417. The Kier molecular flexibility index (Phi) is 7.72. The van der Waals surface area contributed by atoms with Crippen molar-refractivity contribution in [3.8, 4) is 33.9 Å². The van der Waals surface area contributed by atoms with Crippen molar-refractivity contribution in [1.82, 2.24) is 15.0 Å². The van der Waals surface area contributed by atoms with Crippen molar-refractivity contribution in [2.45, 2.75) is 12.8 Å². The third-order valence-corrected chi connectivity index (χ3v) is 11.1.